The van der Waals surface area contributed by atoms with Crippen LogP contribution >= 0.6 is 12.4 Å². The Balaban J connectivity index is 0.000000720. The highest BCUT2D eigenvalue weighted by Gasteiger charge is 1.97. The van der Waals surface area contributed by atoms with Crippen molar-refractivity contribution in [3.8, 4) is 0 Å². The number of pyridine rings is 1. The second-order valence-corrected chi connectivity index (χ2v) is 2.24. The zero-order chi connectivity index (χ0) is 7.68. The normalized spacial score (nSPS) is 9.33. The number of imidazole rings is 1. The average Bonchev–Trinajstić information content (AvgIpc) is 2.50. The van der Waals surface area contributed by atoms with E-state index >= 15 is 0 Å². The van der Waals surface area contributed by atoms with Crippen LogP contribution in [0.15, 0.2) is 30.7 Å². The van der Waals surface area contributed by atoms with Crippen molar-refractivity contribution in [2.24, 2.45) is 0 Å². The first-order valence-electron chi connectivity index (χ1n) is 3.28. The second kappa shape index (κ2) is 3.36. The van der Waals surface area contributed by atoms with Crippen LogP contribution in [0.4, 0.5) is 0 Å². The van der Waals surface area contributed by atoms with Gasteiger partial charge in [-0.2, -0.15) is 0 Å². The summed E-state index contributed by atoms with van der Waals surface area (Å²) in [5.41, 5.74) is 1.33. The molecule has 2 aromatic rings. The van der Waals surface area contributed by atoms with E-state index in [4.69, 9.17) is 0 Å². The van der Waals surface area contributed by atoms with Crippen LogP contribution in [0, 0.1) is 0 Å². The molecule has 3 nitrogen and oxygen atoms in total. The molecular weight excluding hydrogens is 176 g/mol. The van der Waals surface area contributed by atoms with Gasteiger partial charge in [-0.15, -0.1) is 12.4 Å². The third kappa shape index (κ3) is 1.19. The monoisotopic (exact) mass is 182 g/mol. The van der Waals surface area contributed by atoms with Crippen molar-refractivity contribution in [3.05, 3.63) is 36.3 Å². The molecule has 2 rings (SSSR count). The molecule has 0 atom stereocenters. The van der Waals surface area contributed by atoms with Crippen molar-refractivity contribution in [1.82, 2.24) is 9.38 Å². The molecule has 12 heavy (non-hydrogen) atoms. The van der Waals surface area contributed by atoms with Gasteiger partial charge in [-0.25, -0.2) is 4.98 Å². The molecule has 4 heteroatoms. The fraction of sp³-hybridized carbons (Fsp3) is 0. The highest BCUT2D eigenvalue weighted by atomic mass is 35.5. The smallest absolute Gasteiger partial charge is 0.153 e. The Labute approximate surface area is 75.4 Å². The average molecular weight is 183 g/mol. The number of nitrogens with zero attached hydrogens (tertiary/aromatic N) is 2. The molecule has 0 amide bonds. The summed E-state index contributed by atoms with van der Waals surface area (Å²) in [5, 5.41) is 0. The predicted octanol–water partition coefficient (Wildman–Crippen LogP) is 1.57. The number of aromatic nitrogens is 2. The number of halogens is 1. The Bertz CT molecular complexity index is 397. The largest absolute Gasteiger partial charge is 0.307 e. The van der Waals surface area contributed by atoms with Gasteiger partial charge in [-0.3, -0.25) is 4.79 Å². The van der Waals surface area contributed by atoms with Crippen LogP contribution in [-0.4, -0.2) is 15.7 Å². The van der Waals surface area contributed by atoms with E-state index in [2.05, 4.69) is 4.98 Å². The first kappa shape index (κ1) is 8.74. The lowest BCUT2D eigenvalue weighted by Crippen LogP contribution is -1.88. The number of rotatable bonds is 1. The summed E-state index contributed by atoms with van der Waals surface area (Å²) < 4.78 is 1.81. The molecule has 62 valence electrons. The van der Waals surface area contributed by atoms with Crippen molar-refractivity contribution in [2.45, 2.75) is 0 Å². The van der Waals surface area contributed by atoms with E-state index in [-0.39, 0.29) is 12.4 Å². The lowest BCUT2D eigenvalue weighted by Gasteiger charge is -1.93. The van der Waals surface area contributed by atoms with Crippen LogP contribution in [-0.2, 0) is 0 Å². The van der Waals surface area contributed by atoms with Crippen LogP contribution in [0.25, 0.3) is 5.65 Å². The molecule has 0 radical (unpaired) electrons. The molecule has 0 N–H and O–H groups in total. The van der Waals surface area contributed by atoms with Gasteiger partial charge in [-0.05, 0) is 12.1 Å². The molecular formula is C8H7ClN2O. The number of hydrogen-bond donors (Lipinski definition) is 0. The van der Waals surface area contributed by atoms with Gasteiger partial charge < -0.3 is 4.40 Å². The van der Waals surface area contributed by atoms with E-state index in [1.54, 1.807) is 12.3 Å². The lowest BCUT2D eigenvalue weighted by atomic mass is 10.3. The second-order valence-electron chi connectivity index (χ2n) is 2.24. The fourth-order valence-corrected chi connectivity index (χ4v) is 1.06. The summed E-state index contributed by atoms with van der Waals surface area (Å²) in [5.74, 6) is 0. The first-order valence-corrected chi connectivity index (χ1v) is 3.28. The third-order valence-corrected chi connectivity index (χ3v) is 1.58. The van der Waals surface area contributed by atoms with Crippen molar-refractivity contribution >= 4 is 24.3 Å². The van der Waals surface area contributed by atoms with Gasteiger partial charge in [0.25, 0.3) is 0 Å². The molecule has 0 saturated carbocycles. The maximum absolute atomic E-state index is 10.5. The quantitative estimate of drug-likeness (QED) is 0.628. The molecule has 0 aliphatic heterocycles. The topological polar surface area (TPSA) is 34.4 Å². The number of fused-ring (bicyclic) bond motifs is 1. The van der Waals surface area contributed by atoms with Crippen LogP contribution in [0.2, 0.25) is 0 Å². The maximum atomic E-state index is 10.5. The van der Waals surface area contributed by atoms with Crippen LogP contribution in [0.5, 0.6) is 0 Å². The molecule has 0 spiro atoms. The van der Waals surface area contributed by atoms with E-state index in [0.717, 1.165) is 6.29 Å². The zero-order valence-electron chi connectivity index (χ0n) is 6.18. The third-order valence-electron chi connectivity index (χ3n) is 1.58. The summed E-state index contributed by atoms with van der Waals surface area (Å²) in [6.07, 6.45) is 6.14. The minimum absolute atomic E-state index is 0. The Morgan fingerprint density at radius 1 is 1.42 bits per heavy atom. The summed E-state index contributed by atoms with van der Waals surface area (Å²) in [7, 11) is 0. The number of hydrogen-bond acceptors (Lipinski definition) is 2. The number of aldehydes is 1. The van der Waals surface area contributed by atoms with E-state index < -0.39 is 0 Å². The van der Waals surface area contributed by atoms with Gasteiger partial charge in [0.05, 0.1) is 5.56 Å². The summed E-state index contributed by atoms with van der Waals surface area (Å²) in [4.78, 5) is 14.5. The van der Waals surface area contributed by atoms with Gasteiger partial charge >= 0.3 is 0 Å². The Kier molecular flexibility index (Phi) is 2.45. The molecule has 0 aliphatic rings. The van der Waals surface area contributed by atoms with Gasteiger partial charge in [0.15, 0.2) is 6.29 Å². The summed E-state index contributed by atoms with van der Waals surface area (Å²) in [6.45, 7) is 0. The molecule has 0 aliphatic carbocycles. The van der Waals surface area contributed by atoms with E-state index in [1.165, 1.54) is 0 Å². The molecule has 2 aromatic heterocycles. The van der Waals surface area contributed by atoms with Gasteiger partial charge in [0.1, 0.15) is 5.65 Å². The van der Waals surface area contributed by atoms with Crippen molar-refractivity contribution in [1.29, 1.82) is 0 Å². The Hall–Kier alpha value is -1.35. The van der Waals surface area contributed by atoms with Gasteiger partial charge in [0, 0.05) is 18.6 Å². The molecule has 0 aromatic carbocycles. The standard InChI is InChI=1S/C8H6N2O.ClH/c11-6-7-2-1-4-10-5-3-9-8(7)10;/h1-6H;1H. The highest BCUT2D eigenvalue weighted by Crippen LogP contribution is 2.04. The van der Waals surface area contributed by atoms with Gasteiger partial charge in [0.2, 0.25) is 0 Å². The minimum Gasteiger partial charge on any atom is -0.307 e. The van der Waals surface area contributed by atoms with E-state index in [0.29, 0.717) is 11.2 Å². The van der Waals surface area contributed by atoms with Crippen molar-refractivity contribution < 1.29 is 4.79 Å². The molecule has 0 fully saturated rings. The number of carbonyl (C=O) groups is 1. The fourth-order valence-electron chi connectivity index (χ4n) is 1.06. The first-order chi connectivity index (χ1) is 5.42. The Morgan fingerprint density at radius 2 is 2.25 bits per heavy atom. The lowest BCUT2D eigenvalue weighted by molar-refractivity contribution is 0.112. The van der Waals surface area contributed by atoms with E-state index in [9.17, 15) is 4.79 Å². The molecule has 0 unspecified atom stereocenters. The van der Waals surface area contributed by atoms with Crippen LogP contribution in [0.1, 0.15) is 10.4 Å². The van der Waals surface area contributed by atoms with E-state index in [1.807, 2.05) is 22.9 Å². The minimum atomic E-state index is 0. The van der Waals surface area contributed by atoms with Crippen LogP contribution in [0.3, 0.4) is 0 Å². The molecule has 0 bridgehead atoms. The zero-order valence-corrected chi connectivity index (χ0v) is 6.99. The maximum Gasteiger partial charge on any atom is 0.153 e. The SMILES string of the molecule is Cl.O=Cc1cccn2ccnc12. The summed E-state index contributed by atoms with van der Waals surface area (Å²) in [6, 6.07) is 3.56. The molecule has 0 saturated heterocycles. The Morgan fingerprint density at radius 3 is 3.00 bits per heavy atom. The van der Waals surface area contributed by atoms with Gasteiger partial charge in [-0.1, -0.05) is 0 Å². The highest BCUT2D eigenvalue weighted by molar-refractivity contribution is 5.85. The molecule has 2 heterocycles. The number of carbonyl (C=O) groups excluding carboxylic acids is 1. The van der Waals surface area contributed by atoms with Crippen molar-refractivity contribution in [2.75, 3.05) is 0 Å². The summed E-state index contributed by atoms with van der Waals surface area (Å²) >= 11 is 0. The predicted molar refractivity (Wildman–Crippen MR) is 47.8 cm³/mol. The van der Waals surface area contributed by atoms with Crippen LogP contribution < -0.4 is 0 Å². The van der Waals surface area contributed by atoms with Crippen molar-refractivity contribution in [3.63, 3.8) is 0 Å².